The summed E-state index contributed by atoms with van der Waals surface area (Å²) in [5, 5.41) is 7.83. The highest BCUT2D eigenvalue weighted by Gasteiger charge is 2.33. The van der Waals surface area contributed by atoms with E-state index in [1.807, 2.05) is 23.0 Å². The highest BCUT2D eigenvalue weighted by atomic mass is 19.1. The molecule has 1 aromatic heterocycles. The summed E-state index contributed by atoms with van der Waals surface area (Å²) in [7, 11) is 0. The van der Waals surface area contributed by atoms with Crippen molar-refractivity contribution in [1.29, 1.82) is 0 Å². The number of nitrogens with zero attached hydrogens (tertiary/aromatic N) is 6. The van der Waals surface area contributed by atoms with Gasteiger partial charge in [-0.25, -0.2) is 4.39 Å². The van der Waals surface area contributed by atoms with Gasteiger partial charge in [0.2, 0.25) is 0 Å². The minimum absolute atomic E-state index is 0.169. The molecule has 2 fully saturated rings. The summed E-state index contributed by atoms with van der Waals surface area (Å²) in [6.07, 6.45) is 3.63. The zero-order valence-electron chi connectivity index (χ0n) is 13.8. The van der Waals surface area contributed by atoms with Crippen molar-refractivity contribution in [3.05, 3.63) is 42.5 Å². The van der Waals surface area contributed by atoms with Crippen LogP contribution in [0.4, 0.5) is 10.1 Å². The van der Waals surface area contributed by atoms with Crippen LogP contribution in [0.3, 0.4) is 0 Å². The van der Waals surface area contributed by atoms with Crippen molar-refractivity contribution in [2.24, 2.45) is 0 Å². The quantitative estimate of drug-likeness (QED) is 0.815. The van der Waals surface area contributed by atoms with Crippen molar-refractivity contribution in [2.75, 3.05) is 50.7 Å². The van der Waals surface area contributed by atoms with Crippen LogP contribution in [-0.4, -0.2) is 76.6 Å². The molecule has 0 saturated carbocycles. The second kappa shape index (κ2) is 6.86. The van der Waals surface area contributed by atoms with Gasteiger partial charge in [-0.3, -0.25) is 14.5 Å². The van der Waals surface area contributed by atoms with Gasteiger partial charge < -0.3 is 4.90 Å². The molecule has 3 heterocycles. The van der Waals surface area contributed by atoms with Crippen LogP contribution in [0.5, 0.6) is 0 Å². The summed E-state index contributed by atoms with van der Waals surface area (Å²) in [5.41, 5.74) is 1.12. The van der Waals surface area contributed by atoms with Gasteiger partial charge in [-0.15, -0.1) is 5.10 Å². The van der Waals surface area contributed by atoms with Gasteiger partial charge in [0.15, 0.2) is 0 Å². The number of aromatic nitrogens is 3. The van der Waals surface area contributed by atoms with Gasteiger partial charge in [-0.05, 0) is 24.3 Å². The maximum Gasteiger partial charge on any atom is 0.123 e. The average molecular weight is 330 g/mol. The second-order valence-electron chi connectivity index (χ2n) is 6.58. The van der Waals surface area contributed by atoms with E-state index in [2.05, 4.69) is 25.0 Å². The molecule has 7 heteroatoms. The number of likely N-dealkylation sites (tertiary alicyclic amines) is 1. The fraction of sp³-hybridized carbons (Fsp3) is 0.529. The minimum atomic E-state index is -0.169. The van der Waals surface area contributed by atoms with E-state index >= 15 is 0 Å². The first-order valence-electron chi connectivity index (χ1n) is 8.59. The standard InChI is InChI=1S/C17H23FN6/c18-15-1-3-16(4-2-15)22-8-10-23(11-9-22)17-13-21(14-17)7-12-24-6-5-19-20-24/h1-6,17H,7-14H2. The lowest BCUT2D eigenvalue weighted by Gasteiger charge is -2.48. The predicted octanol–water partition coefficient (Wildman–Crippen LogP) is 0.924. The van der Waals surface area contributed by atoms with Crippen molar-refractivity contribution >= 4 is 5.69 Å². The average Bonchev–Trinajstić information content (AvgIpc) is 3.08. The molecule has 0 unspecified atom stereocenters. The second-order valence-corrected chi connectivity index (χ2v) is 6.58. The van der Waals surface area contributed by atoms with E-state index in [1.54, 1.807) is 18.3 Å². The largest absolute Gasteiger partial charge is 0.369 e. The highest BCUT2D eigenvalue weighted by molar-refractivity contribution is 5.46. The molecule has 4 rings (SSSR count). The Morgan fingerprint density at radius 3 is 2.42 bits per heavy atom. The van der Waals surface area contributed by atoms with Gasteiger partial charge in [0, 0.05) is 63.7 Å². The minimum Gasteiger partial charge on any atom is -0.369 e. The Balaban J connectivity index is 1.19. The lowest BCUT2D eigenvalue weighted by molar-refractivity contribution is 0.0282. The van der Waals surface area contributed by atoms with E-state index in [0.29, 0.717) is 6.04 Å². The summed E-state index contributed by atoms with van der Waals surface area (Å²) >= 11 is 0. The maximum atomic E-state index is 13.0. The Bertz CT molecular complexity index is 630. The van der Waals surface area contributed by atoms with Gasteiger partial charge in [0.25, 0.3) is 0 Å². The maximum absolute atomic E-state index is 13.0. The molecule has 0 atom stereocenters. The predicted molar refractivity (Wildman–Crippen MR) is 90.4 cm³/mol. The van der Waals surface area contributed by atoms with Gasteiger partial charge in [-0.1, -0.05) is 5.21 Å². The Labute approximate surface area is 141 Å². The van der Waals surface area contributed by atoms with Gasteiger partial charge >= 0.3 is 0 Å². The molecule has 0 N–H and O–H groups in total. The monoisotopic (exact) mass is 330 g/mol. The molecule has 0 aliphatic carbocycles. The van der Waals surface area contributed by atoms with Crippen molar-refractivity contribution in [2.45, 2.75) is 12.6 Å². The number of halogens is 1. The number of benzene rings is 1. The fourth-order valence-electron chi connectivity index (χ4n) is 3.55. The van der Waals surface area contributed by atoms with E-state index < -0.39 is 0 Å². The summed E-state index contributed by atoms with van der Waals surface area (Å²) in [5.74, 6) is -0.169. The summed E-state index contributed by atoms with van der Waals surface area (Å²) < 4.78 is 14.9. The number of anilines is 1. The first-order chi connectivity index (χ1) is 11.8. The van der Waals surface area contributed by atoms with E-state index in [1.165, 1.54) is 0 Å². The van der Waals surface area contributed by atoms with Crippen molar-refractivity contribution < 1.29 is 4.39 Å². The summed E-state index contributed by atoms with van der Waals surface area (Å²) in [6, 6.07) is 7.51. The summed E-state index contributed by atoms with van der Waals surface area (Å²) in [4.78, 5) is 7.40. The zero-order valence-corrected chi connectivity index (χ0v) is 13.8. The van der Waals surface area contributed by atoms with Gasteiger partial charge in [0.1, 0.15) is 5.82 Å². The van der Waals surface area contributed by atoms with Crippen LogP contribution in [0.2, 0.25) is 0 Å². The normalized spacial score (nSPS) is 20.3. The molecular weight excluding hydrogens is 307 g/mol. The smallest absolute Gasteiger partial charge is 0.123 e. The first-order valence-corrected chi connectivity index (χ1v) is 8.59. The van der Waals surface area contributed by atoms with Crippen LogP contribution < -0.4 is 4.90 Å². The number of hydrogen-bond donors (Lipinski definition) is 0. The zero-order chi connectivity index (χ0) is 16.4. The number of rotatable bonds is 5. The van der Waals surface area contributed by atoms with Crippen LogP contribution in [-0.2, 0) is 6.54 Å². The Hall–Kier alpha value is -1.99. The lowest BCUT2D eigenvalue weighted by atomic mass is 10.1. The first kappa shape index (κ1) is 15.5. The Morgan fingerprint density at radius 1 is 1.00 bits per heavy atom. The van der Waals surface area contributed by atoms with Gasteiger partial charge in [-0.2, -0.15) is 0 Å². The van der Waals surface area contributed by atoms with Crippen molar-refractivity contribution in [3.8, 4) is 0 Å². The SMILES string of the molecule is Fc1ccc(N2CCN(C3CN(CCn4ccnn4)C3)CC2)cc1. The topological polar surface area (TPSA) is 40.4 Å². The molecule has 2 aromatic rings. The van der Waals surface area contributed by atoms with Crippen molar-refractivity contribution in [1.82, 2.24) is 24.8 Å². The molecule has 2 saturated heterocycles. The molecule has 2 aliphatic heterocycles. The highest BCUT2D eigenvalue weighted by Crippen LogP contribution is 2.20. The molecule has 128 valence electrons. The van der Waals surface area contributed by atoms with E-state index in [4.69, 9.17) is 0 Å². The fourth-order valence-corrected chi connectivity index (χ4v) is 3.55. The van der Waals surface area contributed by atoms with Crippen LogP contribution in [0.1, 0.15) is 0 Å². The summed E-state index contributed by atoms with van der Waals surface area (Å²) in [6.45, 7) is 8.43. The molecule has 0 spiro atoms. The molecule has 0 bridgehead atoms. The van der Waals surface area contributed by atoms with E-state index in [-0.39, 0.29) is 5.82 Å². The Kier molecular flexibility index (Phi) is 4.44. The van der Waals surface area contributed by atoms with Crippen LogP contribution in [0.25, 0.3) is 0 Å². The van der Waals surface area contributed by atoms with E-state index in [0.717, 1.165) is 58.0 Å². The molecule has 0 amide bonds. The van der Waals surface area contributed by atoms with Gasteiger partial charge in [0.05, 0.1) is 12.7 Å². The Morgan fingerprint density at radius 2 is 1.75 bits per heavy atom. The molecule has 1 aromatic carbocycles. The third-order valence-corrected chi connectivity index (χ3v) is 5.08. The lowest BCUT2D eigenvalue weighted by Crippen LogP contribution is -2.63. The molecular formula is C17H23FN6. The van der Waals surface area contributed by atoms with Crippen LogP contribution >= 0.6 is 0 Å². The van der Waals surface area contributed by atoms with Crippen LogP contribution in [0.15, 0.2) is 36.7 Å². The molecule has 2 aliphatic rings. The van der Waals surface area contributed by atoms with Crippen LogP contribution in [0, 0.1) is 5.82 Å². The van der Waals surface area contributed by atoms with Crippen molar-refractivity contribution in [3.63, 3.8) is 0 Å². The third kappa shape index (κ3) is 3.42. The number of piperazine rings is 1. The molecule has 0 radical (unpaired) electrons. The molecule has 24 heavy (non-hydrogen) atoms. The third-order valence-electron chi connectivity index (χ3n) is 5.08. The van der Waals surface area contributed by atoms with E-state index in [9.17, 15) is 4.39 Å². The number of hydrogen-bond acceptors (Lipinski definition) is 5. The molecule has 6 nitrogen and oxygen atoms in total.